The van der Waals surface area contributed by atoms with Crippen LogP contribution < -0.4 is 4.90 Å². The van der Waals surface area contributed by atoms with E-state index in [9.17, 15) is 0 Å². The number of benzene rings is 8. The van der Waals surface area contributed by atoms with E-state index in [1.54, 1.807) is 11.1 Å². The average Bonchev–Trinajstić information content (AvgIpc) is 4.13. The van der Waals surface area contributed by atoms with E-state index in [0.717, 1.165) is 23.7 Å². The molecule has 1 aromatic heterocycles. The second kappa shape index (κ2) is 13.7. The summed E-state index contributed by atoms with van der Waals surface area (Å²) in [6.07, 6.45) is 12.2. The fourth-order valence-corrected chi connectivity index (χ4v) is 16.5. The summed E-state index contributed by atoms with van der Waals surface area (Å²) in [6.45, 7) is 0. The Bertz CT molecular complexity index is 3370. The topological polar surface area (TPSA) is 3.24 Å². The molecule has 1 heterocycles. The maximum Gasteiger partial charge on any atom is 0.0468 e. The molecule has 0 N–H and O–H groups in total. The number of thiophene rings is 1. The minimum Gasteiger partial charge on any atom is -0.310 e. The van der Waals surface area contributed by atoms with Crippen LogP contribution in [0, 0.1) is 23.7 Å². The van der Waals surface area contributed by atoms with Gasteiger partial charge in [-0.25, -0.2) is 0 Å². The lowest BCUT2D eigenvalue weighted by Gasteiger charge is -2.61. The summed E-state index contributed by atoms with van der Waals surface area (Å²) in [6, 6.07) is 68.1. The van der Waals surface area contributed by atoms with Gasteiger partial charge in [0.25, 0.3) is 0 Å². The van der Waals surface area contributed by atoms with E-state index in [-0.39, 0.29) is 10.8 Å². The molecule has 5 saturated carbocycles. The monoisotopic (exact) mass is 853 g/mol. The lowest BCUT2D eigenvalue weighted by atomic mass is 9.43. The minimum atomic E-state index is 0.106. The molecule has 2 heteroatoms. The third-order valence-corrected chi connectivity index (χ3v) is 18.9. The van der Waals surface area contributed by atoms with Gasteiger partial charge in [-0.1, -0.05) is 134 Å². The van der Waals surface area contributed by atoms with Crippen LogP contribution in [0.2, 0.25) is 0 Å². The summed E-state index contributed by atoms with van der Waals surface area (Å²) in [7, 11) is 0. The molecule has 5 fully saturated rings. The SMILES string of the molecule is c1ccc(-c2ccc(N(c3ccc4c(c3)C3(CCCC3)c3ccccc3-4)c3ccc4sc5cc(-c6ccc7c(c6)-c6ccccc6[C@]76[C@@H]7CC8C[C@@H](C7)C[C@@H]6C8)ccc5c4c3)cc2)cc1. The Kier molecular flexibility index (Phi) is 7.79. The van der Waals surface area contributed by atoms with Gasteiger partial charge in [0.15, 0.2) is 0 Å². The second-order valence-electron chi connectivity index (χ2n) is 20.8. The van der Waals surface area contributed by atoms with Gasteiger partial charge in [0.1, 0.15) is 0 Å². The van der Waals surface area contributed by atoms with E-state index in [1.807, 2.05) is 11.3 Å². The third kappa shape index (κ3) is 5.15. The Balaban J connectivity index is 0.835. The summed E-state index contributed by atoms with van der Waals surface area (Å²) in [4.78, 5) is 2.51. The summed E-state index contributed by atoms with van der Waals surface area (Å²) in [5.41, 5.74) is 21.2. The van der Waals surface area contributed by atoms with Crippen LogP contribution in [0.1, 0.15) is 80.0 Å². The zero-order valence-electron chi connectivity index (χ0n) is 36.8. The van der Waals surface area contributed by atoms with E-state index in [2.05, 4.69) is 181 Å². The van der Waals surface area contributed by atoms with E-state index >= 15 is 0 Å². The Labute approximate surface area is 386 Å². The first kappa shape index (κ1) is 37.0. The highest BCUT2D eigenvalue weighted by molar-refractivity contribution is 7.25. The van der Waals surface area contributed by atoms with Crippen molar-refractivity contribution in [2.45, 2.75) is 68.6 Å². The largest absolute Gasteiger partial charge is 0.310 e. The fraction of sp³-hybridized carbons (Fsp3) is 0.238. The van der Waals surface area contributed by atoms with E-state index < -0.39 is 0 Å². The van der Waals surface area contributed by atoms with Crippen LogP contribution in [-0.2, 0) is 10.8 Å². The molecule has 0 atom stereocenters. The summed E-state index contributed by atoms with van der Waals surface area (Å²) >= 11 is 1.93. The van der Waals surface area contributed by atoms with Gasteiger partial charge in [0.05, 0.1) is 0 Å². The molecule has 7 aliphatic rings. The molecular formula is C63H51NS. The first-order valence-corrected chi connectivity index (χ1v) is 25.4. The van der Waals surface area contributed by atoms with Crippen molar-refractivity contribution >= 4 is 48.6 Å². The molecule has 0 unspecified atom stereocenters. The smallest absolute Gasteiger partial charge is 0.0468 e. The first-order valence-electron chi connectivity index (χ1n) is 24.5. The van der Waals surface area contributed by atoms with Crippen LogP contribution in [0.3, 0.4) is 0 Å². The molecule has 9 aromatic rings. The molecule has 7 aliphatic carbocycles. The highest BCUT2D eigenvalue weighted by Gasteiger charge is 2.61. The normalized spacial score (nSPS) is 23.6. The molecule has 0 radical (unpaired) electrons. The highest BCUT2D eigenvalue weighted by Crippen LogP contribution is 2.69. The third-order valence-electron chi connectivity index (χ3n) is 17.8. The quantitative estimate of drug-likeness (QED) is 0.167. The Morgan fingerprint density at radius 2 is 0.969 bits per heavy atom. The van der Waals surface area contributed by atoms with Crippen LogP contribution in [0.15, 0.2) is 176 Å². The van der Waals surface area contributed by atoms with Gasteiger partial charge in [-0.15, -0.1) is 11.3 Å². The summed E-state index contributed by atoms with van der Waals surface area (Å²) < 4.78 is 2.69. The Morgan fingerprint density at radius 3 is 1.75 bits per heavy atom. The Hall–Kier alpha value is -6.22. The van der Waals surface area contributed by atoms with Crippen molar-refractivity contribution in [3.8, 4) is 44.5 Å². The van der Waals surface area contributed by atoms with Crippen molar-refractivity contribution in [1.82, 2.24) is 0 Å². The standard InChI is InChI=1S/C63H51NS/c1-2-10-41(11-3-1)42-16-20-47(21-17-42)64(49-22-25-52-50-12-4-6-14-56(50)62(59(52)38-49)28-8-9-29-62)48-23-27-60-55(37-48)53-24-18-44(36-61(53)65-60)43-19-26-58-54(35-43)51-13-5-7-15-57(51)63(58)45-31-39-30-40(33-45)34-46(63)32-39/h1-7,10-27,35-40,45-46H,8-9,28-34H2/t39-,40?,45-,46+,63+. The molecule has 0 aliphatic heterocycles. The molecule has 2 spiro atoms. The molecule has 65 heavy (non-hydrogen) atoms. The van der Waals surface area contributed by atoms with Crippen molar-refractivity contribution in [2.75, 3.05) is 4.90 Å². The van der Waals surface area contributed by atoms with Gasteiger partial charge in [-0.3, -0.25) is 0 Å². The van der Waals surface area contributed by atoms with Gasteiger partial charge < -0.3 is 4.90 Å². The number of rotatable bonds is 5. The highest BCUT2D eigenvalue weighted by atomic mass is 32.1. The van der Waals surface area contributed by atoms with Crippen LogP contribution in [0.5, 0.6) is 0 Å². The zero-order valence-corrected chi connectivity index (χ0v) is 37.6. The molecule has 314 valence electrons. The first-order chi connectivity index (χ1) is 32.1. The predicted octanol–water partition coefficient (Wildman–Crippen LogP) is 17.4. The minimum absolute atomic E-state index is 0.106. The maximum absolute atomic E-state index is 2.57. The zero-order chi connectivity index (χ0) is 42.4. The number of hydrogen-bond acceptors (Lipinski definition) is 2. The van der Waals surface area contributed by atoms with Crippen LogP contribution in [-0.4, -0.2) is 0 Å². The van der Waals surface area contributed by atoms with E-state index in [4.69, 9.17) is 0 Å². The van der Waals surface area contributed by atoms with Crippen molar-refractivity contribution in [3.63, 3.8) is 0 Å². The molecule has 16 rings (SSSR count). The van der Waals surface area contributed by atoms with Gasteiger partial charge in [-0.05, 0) is 190 Å². The van der Waals surface area contributed by atoms with E-state index in [0.29, 0.717) is 0 Å². The lowest BCUT2D eigenvalue weighted by Crippen LogP contribution is -2.55. The van der Waals surface area contributed by atoms with E-state index in [1.165, 1.54) is 151 Å². The second-order valence-corrected chi connectivity index (χ2v) is 21.9. The maximum atomic E-state index is 2.57. The number of nitrogens with zero attached hydrogens (tertiary/aromatic N) is 1. The molecule has 0 amide bonds. The molecule has 8 aromatic carbocycles. The van der Waals surface area contributed by atoms with Gasteiger partial charge in [-0.2, -0.15) is 0 Å². The molecule has 4 bridgehead atoms. The summed E-state index contributed by atoms with van der Waals surface area (Å²) in [5.74, 6) is 3.50. The van der Waals surface area contributed by atoms with Crippen LogP contribution >= 0.6 is 11.3 Å². The van der Waals surface area contributed by atoms with Crippen molar-refractivity contribution in [3.05, 3.63) is 198 Å². The average molecular weight is 854 g/mol. The van der Waals surface area contributed by atoms with Crippen LogP contribution in [0.4, 0.5) is 17.1 Å². The van der Waals surface area contributed by atoms with Gasteiger partial charge in [0, 0.05) is 48.1 Å². The van der Waals surface area contributed by atoms with Crippen LogP contribution in [0.25, 0.3) is 64.7 Å². The van der Waals surface area contributed by atoms with Gasteiger partial charge >= 0.3 is 0 Å². The van der Waals surface area contributed by atoms with Crippen molar-refractivity contribution < 1.29 is 0 Å². The number of fused-ring (bicyclic) bond motifs is 11. The van der Waals surface area contributed by atoms with Gasteiger partial charge in [0.2, 0.25) is 0 Å². The summed E-state index contributed by atoms with van der Waals surface area (Å²) in [5, 5.41) is 2.66. The lowest BCUT2D eigenvalue weighted by molar-refractivity contribution is -0.0399. The molecule has 1 nitrogen and oxygen atoms in total. The fourth-order valence-electron chi connectivity index (χ4n) is 15.4. The molecule has 0 saturated heterocycles. The van der Waals surface area contributed by atoms with Crippen molar-refractivity contribution in [1.29, 1.82) is 0 Å². The molecular weight excluding hydrogens is 803 g/mol. The van der Waals surface area contributed by atoms with Crippen molar-refractivity contribution in [2.24, 2.45) is 23.7 Å². The Morgan fingerprint density at radius 1 is 0.385 bits per heavy atom. The number of hydrogen-bond donors (Lipinski definition) is 0. The predicted molar refractivity (Wildman–Crippen MR) is 273 cm³/mol. The number of anilines is 3.